The van der Waals surface area contributed by atoms with E-state index in [1.165, 1.54) is 4.88 Å². The summed E-state index contributed by atoms with van der Waals surface area (Å²) in [5.74, 6) is 5.60. The molecule has 0 aromatic carbocycles. The SMILES string of the molecule is CN(Cc1ccc(C(=O)NN)o1)Cc1cccs1. The van der Waals surface area contributed by atoms with Crippen LogP contribution in [0.1, 0.15) is 21.2 Å². The number of furan rings is 1. The van der Waals surface area contributed by atoms with E-state index in [2.05, 4.69) is 16.3 Å². The second-order valence-electron chi connectivity index (χ2n) is 3.99. The molecule has 0 aliphatic rings. The van der Waals surface area contributed by atoms with Gasteiger partial charge in [-0.15, -0.1) is 11.3 Å². The van der Waals surface area contributed by atoms with Crippen molar-refractivity contribution in [3.63, 3.8) is 0 Å². The Hall–Kier alpha value is -1.63. The standard InChI is InChI=1S/C12H15N3O2S/c1-15(8-10-3-2-6-18-10)7-9-4-5-11(17-9)12(16)14-13/h2-6H,7-8,13H2,1H3,(H,14,16). The number of thiophene rings is 1. The number of hydrogen-bond acceptors (Lipinski definition) is 5. The Morgan fingerprint density at radius 1 is 1.44 bits per heavy atom. The van der Waals surface area contributed by atoms with Gasteiger partial charge in [-0.3, -0.25) is 15.1 Å². The number of rotatable bonds is 5. The smallest absolute Gasteiger partial charge is 0.300 e. The number of nitrogens with zero attached hydrogens (tertiary/aromatic N) is 1. The van der Waals surface area contributed by atoms with E-state index in [1.807, 2.05) is 18.5 Å². The highest BCUT2D eigenvalue weighted by Crippen LogP contribution is 2.14. The Kier molecular flexibility index (Phi) is 4.14. The summed E-state index contributed by atoms with van der Waals surface area (Å²) < 4.78 is 5.40. The molecule has 2 aromatic heterocycles. The Morgan fingerprint density at radius 3 is 2.94 bits per heavy atom. The van der Waals surface area contributed by atoms with Crippen molar-refractivity contribution in [2.45, 2.75) is 13.1 Å². The Bertz CT molecular complexity index is 507. The number of nitrogen functional groups attached to an aromatic ring is 1. The normalized spacial score (nSPS) is 10.8. The monoisotopic (exact) mass is 265 g/mol. The first-order valence-corrected chi connectivity index (χ1v) is 6.37. The van der Waals surface area contributed by atoms with E-state index in [9.17, 15) is 4.79 Å². The molecule has 0 saturated heterocycles. The molecule has 0 fully saturated rings. The van der Waals surface area contributed by atoms with Crippen molar-refractivity contribution >= 4 is 17.2 Å². The molecule has 96 valence electrons. The molecule has 2 heterocycles. The summed E-state index contributed by atoms with van der Waals surface area (Å²) in [6.45, 7) is 1.51. The summed E-state index contributed by atoms with van der Waals surface area (Å²) in [7, 11) is 2.00. The Balaban J connectivity index is 1.92. The van der Waals surface area contributed by atoms with E-state index < -0.39 is 5.91 Å². The highest BCUT2D eigenvalue weighted by molar-refractivity contribution is 7.09. The lowest BCUT2D eigenvalue weighted by Gasteiger charge is -2.13. The van der Waals surface area contributed by atoms with E-state index >= 15 is 0 Å². The van der Waals surface area contributed by atoms with Gasteiger partial charge in [0.05, 0.1) is 6.54 Å². The van der Waals surface area contributed by atoms with E-state index in [1.54, 1.807) is 23.5 Å². The van der Waals surface area contributed by atoms with Crippen LogP contribution in [0.5, 0.6) is 0 Å². The van der Waals surface area contributed by atoms with Gasteiger partial charge >= 0.3 is 5.91 Å². The minimum atomic E-state index is -0.415. The van der Waals surface area contributed by atoms with E-state index in [4.69, 9.17) is 10.3 Å². The van der Waals surface area contributed by atoms with Gasteiger partial charge in [-0.1, -0.05) is 6.07 Å². The number of carbonyl (C=O) groups is 1. The topological polar surface area (TPSA) is 71.5 Å². The zero-order valence-corrected chi connectivity index (χ0v) is 10.9. The molecule has 18 heavy (non-hydrogen) atoms. The van der Waals surface area contributed by atoms with Gasteiger partial charge < -0.3 is 4.42 Å². The summed E-state index contributed by atoms with van der Waals surface area (Å²) in [5, 5.41) is 2.06. The third-order valence-electron chi connectivity index (χ3n) is 2.45. The van der Waals surface area contributed by atoms with Gasteiger partial charge in [0, 0.05) is 11.4 Å². The van der Waals surface area contributed by atoms with Crippen LogP contribution in [0.3, 0.4) is 0 Å². The predicted molar refractivity (Wildman–Crippen MR) is 69.9 cm³/mol. The average molecular weight is 265 g/mol. The maximum Gasteiger partial charge on any atom is 0.300 e. The van der Waals surface area contributed by atoms with Crippen molar-refractivity contribution in [2.75, 3.05) is 7.05 Å². The number of nitrogens with one attached hydrogen (secondary N) is 1. The molecule has 3 N–H and O–H groups in total. The maximum absolute atomic E-state index is 11.2. The molecule has 2 aromatic rings. The fourth-order valence-corrected chi connectivity index (χ4v) is 2.43. The summed E-state index contributed by atoms with van der Waals surface area (Å²) >= 11 is 1.72. The summed E-state index contributed by atoms with van der Waals surface area (Å²) in [5.41, 5.74) is 2.04. The molecule has 0 spiro atoms. The van der Waals surface area contributed by atoms with Crippen LogP contribution in [0.15, 0.2) is 34.1 Å². The Morgan fingerprint density at radius 2 is 2.28 bits per heavy atom. The molecule has 0 aliphatic carbocycles. The van der Waals surface area contributed by atoms with Crippen LogP contribution in [-0.4, -0.2) is 17.9 Å². The molecule has 5 nitrogen and oxygen atoms in total. The highest BCUT2D eigenvalue weighted by Gasteiger charge is 2.11. The molecule has 0 unspecified atom stereocenters. The van der Waals surface area contributed by atoms with Crippen molar-refractivity contribution in [2.24, 2.45) is 5.84 Å². The number of hydrazine groups is 1. The van der Waals surface area contributed by atoms with E-state index in [0.717, 1.165) is 12.3 Å². The number of hydrogen-bond donors (Lipinski definition) is 2. The summed E-state index contributed by atoms with van der Waals surface area (Å²) in [6, 6.07) is 7.53. The Labute approximate surface area is 109 Å². The van der Waals surface area contributed by atoms with Gasteiger partial charge in [0.25, 0.3) is 0 Å². The minimum Gasteiger partial charge on any atom is -0.455 e. The lowest BCUT2D eigenvalue weighted by atomic mass is 10.3. The molecule has 0 atom stereocenters. The largest absolute Gasteiger partial charge is 0.455 e. The molecule has 0 aliphatic heterocycles. The third-order valence-corrected chi connectivity index (χ3v) is 3.31. The van der Waals surface area contributed by atoms with Gasteiger partial charge in [0.2, 0.25) is 0 Å². The van der Waals surface area contributed by atoms with Crippen LogP contribution < -0.4 is 11.3 Å². The molecular formula is C12H15N3O2S. The zero-order valence-electron chi connectivity index (χ0n) is 10.1. The molecule has 0 saturated carbocycles. The zero-order chi connectivity index (χ0) is 13.0. The molecular weight excluding hydrogens is 250 g/mol. The highest BCUT2D eigenvalue weighted by atomic mass is 32.1. The van der Waals surface area contributed by atoms with Gasteiger partial charge in [-0.25, -0.2) is 5.84 Å². The van der Waals surface area contributed by atoms with Crippen molar-refractivity contribution in [3.8, 4) is 0 Å². The maximum atomic E-state index is 11.2. The van der Waals surface area contributed by atoms with Crippen LogP contribution >= 0.6 is 11.3 Å². The molecule has 0 radical (unpaired) electrons. The molecule has 0 bridgehead atoms. The second-order valence-corrected chi connectivity index (χ2v) is 5.02. The van der Waals surface area contributed by atoms with Crippen molar-refractivity contribution in [1.29, 1.82) is 0 Å². The fraction of sp³-hybridized carbons (Fsp3) is 0.250. The first-order valence-electron chi connectivity index (χ1n) is 5.49. The van der Waals surface area contributed by atoms with Crippen molar-refractivity contribution in [1.82, 2.24) is 10.3 Å². The minimum absolute atomic E-state index is 0.233. The van der Waals surface area contributed by atoms with E-state index in [0.29, 0.717) is 6.54 Å². The third kappa shape index (κ3) is 3.19. The lowest BCUT2D eigenvalue weighted by Crippen LogP contribution is -2.29. The van der Waals surface area contributed by atoms with Crippen molar-refractivity contribution in [3.05, 3.63) is 46.0 Å². The first-order chi connectivity index (χ1) is 8.69. The van der Waals surface area contributed by atoms with Gasteiger partial charge in [-0.05, 0) is 30.6 Å². The van der Waals surface area contributed by atoms with E-state index in [-0.39, 0.29) is 5.76 Å². The average Bonchev–Trinajstić information content (AvgIpc) is 2.99. The van der Waals surface area contributed by atoms with Crippen LogP contribution in [0.2, 0.25) is 0 Å². The van der Waals surface area contributed by atoms with Crippen molar-refractivity contribution < 1.29 is 9.21 Å². The fourth-order valence-electron chi connectivity index (χ4n) is 1.65. The number of nitrogens with two attached hydrogens (primary N) is 1. The van der Waals surface area contributed by atoms with Gasteiger partial charge in [-0.2, -0.15) is 0 Å². The lowest BCUT2D eigenvalue weighted by molar-refractivity contribution is 0.0922. The van der Waals surface area contributed by atoms with Gasteiger partial charge in [0.1, 0.15) is 5.76 Å². The van der Waals surface area contributed by atoms with Gasteiger partial charge in [0.15, 0.2) is 5.76 Å². The molecule has 1 amide bonds. The first kappa shape index (κ1) is 12.8. The second kappa shape index (κ2) is 5.81. The predicted octanol–water partition coefficient (Wildman–Crippen LogP) is 1.58. The number of amides is 1. The summed E-state index contributed by atoms with van der Waals surface area (Å²) in [4.78, 5) is 14.6. The van der Waals surface area contributed by atoms with Crippen LogP contribution in [-0.2, 0) is 13.1 Å². The van der Waals surface area contributed by atoms with Crippen LogP contribution in [0.25, 0.3) is 0 Å². The molecule has 2 rings (SSSR count). The quantitative estimate of drug-likeness (QED) is 0.489. The summed E-state index contributed by atoms with van der Waals surface area (Å²) in [6.07, 6.45) is 0. The molecule has 6 heteroatoms. The van der Waals surface area contributed by atoms with Crippen LogP contribution in [0, 0.1) is 0 Å². The number of carbonyl (C=O) groups excluding carboxylic acids is 1. The van der Waals surface area contributed by atoms with Crippen LogP contribution in [0.4, 0.5) is 0 Å².